The zero-order valence-corrected chi connectivity index (χ0v) is 14.4. The molecule has 0 amide bonds. The second kappa shape index (κ2) is 5.23. The van der Waals surface area contributed by atoms with Gasteiger partial charge in [-0.2, -0.15) is 5.06 Å². The summed E-state index contributed by atoms with van der Waals surface area (Å²) in [6.07, 6.45) is 0.225. The molecule has 26 heavy (non-hydrogen) atoms. The molecule has 5 rings (SSSR count). The van der Waals surface area contributed by atoms with Crippen molar-refractivity contribution < 1.29 is 15.1 Å². The van der Waals surface area contributed by atoms with Crippen LogP contribution in [0.2, 0.25) is 5.02 Å². The number of carbonyl (C=O) groups is 1. The lowest BCUT2D eigenvalue weighted by Gasteiger charge is -2.43. The average Bonchev–Trinajstić information content (AvgIpc) is 3.17. The maximum Gasteiger partial charge on any atom is 0.323 e. The number of nitrogens with one attached hydrogen (secondary N) is 2. The Morgan fingerprint density at radius 3 is 2.88 bits per heavy atom. The third-order valence-corrected chi connectivity index (χ3v) is 5.79. The first-order chi connectivity index (χ1) is 12.5. The predicted octanol–water partition coefficient (Wildman–Crippen LogP) is 3.19. The van der Waals surface area contributed by atoms with Crippen molar-refractivity contribution >= 4 is 34.2 Å². The van der Waals surface area contributed by atoms with E-state index >= 15 is 0 Å². The summed E-state index contributed by atoms with van der Waals surface area (Å²) < 4.78 is 0. The number of aromatic amines is 1. The summed E-state index contributed by atoms with van der Waals surface area (Å²) in [5, 5.41) is 26.6. The Labute approximate surface area is 154 Å². The molecule has 1 aromatic heterocycles. The largest absolute Gasteiger partial charge is 0.480 e. The number of para-hydroxylation sites is 1. The lowest BCUT2D eigenvalue weighted by Crippen LogP contribution is -2.58. The van der Waals surface area contributed by atoms with Crippen molar-refractivity contribution in [3.05, 3.63) is 64.3 Å². The smallest absolute Gasteiger partial charge is 0.323 e. The lowest BCUT2D eigenvalue weighted by molar-refractivity contribution is -0.206. The molecule has 2 aliphatic heterocycles. The number of anilines is 1. The number of carboxylic acid groups (broad SMARTS) is 1. The van der Waals surface area contributed by atoms with Crippen molar-refractivity contribution in [1.29, 1.82) is 0 Å². The topological polar surface area (TPSA) is 88.6 Å². The van der Waals surface area contributed by atoms with E-state index in [4.69, 9.17) is 11.6 Å². The zero-order chi connectivity index (χ0) is 18.1. The van der Waals surface area contributed by atoms with Crippen molar-refractivity contribution in [2.24, 2.45) is 0 Å². The molecule has 0 saturated heterocycles. The minimum atomic E-state index is -1.06. The second-order valence-corrected chi connectivity index (χ2v) is 7.27. The highest BCUT2D eigenvalue weighted by Gasteiger charge is 2.55. The Morgan fingerprint density at radius 2 is 2.08 bits per heavy atom. The fourth-order valence-electron chi connectivity index (χ4n) is 4.38. The Balaban J connectivity index is 1.86. The van der Waals surface area contributed by atoms with Gasteiger partial charge in [0.1, 0.15) is 11.6 Å². The third-order valence-electron chi connectivity index (χ3n) is 5.56. The van der Waals surface area contributed by atoms with E-state index in [1.54, 1.807) is 12.1 Å². The molecule has 3 aromatic rings. The Hall–Kier alpha value is -2.54. The zero-order valence-electron chi connectivity index (χ0n) is 13.7. The van der Waals surface area contributed by atoms with E-state index < -0.39 is 17.6 Å². The Bertz CT molecular complexity index is 1060. The first kappa shape index (κ1) is 15.7. The molecular weight excluding hydrogens is 354 g/mol. The molecule has 0 saturated carbocycles. The van der Waals surface area contributed by atoms with Crippen molar-refractivity contribution in [2.75, 3.05) is 11.9 Å². The highest BCUT2D eigenvalue weighted by molar-refractivity contribution is 6.30. The molecular formula is C19H16ClN3O3. The molecule has 2 aromatic carbocycles. The van der Waals surface area contributed by atoms with Crippen LogP contribution >= 0.6 is 11.6 Å². The minimum Gasteiger partial charge on any atom is -0.480 e. The van der Waals surface area contributed by atoms with E-state index in [9.17, 15) is 15.1 Å². The highest BCUT2D eigenvalue weighted by Crippen LogP contribution is 2.50. The van der Waals surface area contributed by atoms with Crippen LogP contribution in [0.15, 0.2) is 42.5 Å². The van der Waals surface area contributed by atoms with Crippen molar-refractivity contribution in [3.8, 4) is 0 Å². The normalized spacial score (nSPS) is 24.5. The fraction of sp³-hybridized carbons (Fsp3) is 0.211. The number of hydrogen-bond donors (Lipinski definition) is 4. The fourth-order valence-corrected chi connectivity index (χ4v) is 4.55. The first-order valence-corrected chi connectivity index (χ1v) is 8.75. The summed E-state index contributed by atoms with van der Waals surface area (Å²) in [7, 11) is 0. The summed E-state index contributed by atoms with van der Waals surface area (Å²) in [6, 6.07) is 12.2. The van der Waals surface area contributed by atoms with Gasteiger partial charge in [-0.15, -0.1) is 0 Å². The van der Waals surface area contributed by atoms with E-state index in [0.717, 1.165) is 38.5 Å². The molecule has 2 aliphatic rings. The minimum absolute atomic E-state index is 0.225. The van der Waals surface area contributed by atoms with Gasteiger partial charge in [0.05, 0.1) is 0 Å². The highest BCUT2D eigenvalue weighted by atomic mass is 35.5. The number of benzene rings is 2. The maximum atomic E-state index is 11.9. The van der Waals surface area contributed by atoms with Gasteiger partial charge in [0.25, 0.3) is 0 Å². The third kappa shape index (κ3) is 1.86. The molecule has 1 spiro atoms. The number of nitrogens with zero attached hydrogens (tertiary/aromatic N) is 1. The second-order valence-electron chi connectivity index (χ2n) is 6.83. The summed E-state index contributed by atoms with van der Waals surface area (Å²) in [6.45, 7) is 0.350. The molecule has 7 heteroatoms. The average molecular weight is 370 g/mol. The number of aliphatic carboxylic acids is 1. The number of hydrogen-bond acceptors (Lipinski definition) is 4. The molecule has 2 atom stereocenters. The van der Waals surface area contributed by atoms with E-state index in [1.807, 2.05) is 30.3 Å². The van der Waals surface area contributed by atoms with Crippen molar-refractivity contribution in [3.63, 3.8) is 0 Å². The summed E-state index contributed by atoms with van der Waals surface area (Å²) >= 11 is 6.22. The van der Waals surface area contributed by atoms with Crippen molar-refractivity contribution in [2.45, 2.75) is 18.0 Å². The van der Waals surface area contributed by atoms with Crippen LogP contribution < -0.4 is 5.32 Å². The number of hydroxylamine groups is 2. The standard InChI is InChI=1S/C19H16ClN3O3/c20-10-5-6-15-13(7-10)19(9-21-15)17-12(8-16(18(24)25)23(19)26)11-3-1-2-4-14(11)22-17/h1-7,16,21-22,26H,8-9H2,(H,24,25)/t16-,19-/m1/s1. The summed E-state index contributed by atoms with van der Waals surface area (Å²) in [5.41, 5.74) is 3.23. The Morgan fingerprint density at radius 1 is 1.27 bits per heavy atom. The monoisotopic (exact) mass is 369 g/mol. The lowest BCUT2D eigenvalue weighted by atomic mass is 9.79. The predicted molar refractivity (Wildman–Crippen MR) is 97.8 cm³/mol. The molecule has 0 radical (unpaired) electrons. The molecule has 0 aliphatic carbocycles. The summed E-state index contributed by atoms with van der Waals surface area (Å²) in [4.78, 5) is 15.3. The van der Waals surface area contributed by atoms with Crippen LogP contribution in [-0.4, -0.2) is 38.9 Å². The SMILES string of the molecule is O=C(O)[C@H]1Cc2c([nH]c3ccccc23)[C@]2(CNc3ccc(Cl)cc32)N1O. The van der Waals surface area contributed by atoms with Crippen LogP contribution in [0.1, 0.15) is 16.8 Å². The summed E-state index contributed by atoms with van der Waals surface area (Å²) in [5.74, 6) is -1.06. The van der Waals surface area contributed by atoms with Gasteiger partial charge in [-0.25, -0.2) is 0 Å². The van der Waals surface area contributed by atoms with Gasteiger partial charge in [0.2, 0.25) is 0 Å². The molecule has 0 unspecified atom stereocenters. The molecule has 0 bridgehead atoms. The number of rotatable bonds is 1. The van der Waals surface area contributed by atoms with Crippen LogP contribution in [0.5, 0.6) is 0 Å². The van der Waals surface area contributed by atoms with Crippen LogP contribution in [0.3, 0.4) is 0 Å². The molecule has 4 N–H and O–H groups in total. The molecule has 132 valence electrons. The van der Waals surface area contributed by atoms with Gasteiger partial charge in [-0.3, -0.25) is 4.79 Å². The van der Waals surface area contributed by atoms with E-state index in [1.165, 1.54) is 0 Å². The number of carboxylic acids is 1. The van der Waals surface area contributed by atoms with E-state index in [-0.39, 0.29) is 6.42 Å². The number of fused-ring (bicyclic) bond motifs is 6. The molecule has 6 nitrogen and oxygen atoms in total. The van der Waals surface area contributed by atoms with Gasteiger partial charge in [-0.05, 0) is 29.8 Å². The van der Waals surface area contributed by atoms with Gasteiger partial charge in [0, 0.05) is 45.8 Å². The van der Waals surface area contributed by atoms with Crippen LogP contribution in [0.25, 0.3) is 10.9 Å². The van der Waals surface area contributed by atoms with Gasteiger partial charge < -0.3 is 20.6 Å². The van der Waals surface area contributed by atoms with E-state index in [2.05, 4.69) is 10.3 Å². The number of H-pyrrole nitrogens is 1. The van der Waals surface area contributed by atoms with Crippen molar-refractivity contribution in [1.82, 2.24) is 10.0 Å². The quantitative estimate of drug-likeness (QED) is 0.529. The van der Waals surface area contributed by atoms with Crippen LogP contribution in [0.4, 0.5) is 5.69 Å². The van der Waals surface area contributed by atoms with Crippen LogP contribution in [0, 0.1) is 0 Å². The van der Waals surface area contributed by atoms with Gasteiger partial charge >= 0.3 is 5.97 Å². The Kier molecular flexibility index (Phi) is 3.16. The number of aromatic nitrogens is 1. The maximum absolute atomic E-state index is 11.9. The number of halogens is 1. The molecule has 0 fully saturated rings. The van der Waals surface area contributed by atoms with Gasteiger partial charge in [0.15, 0.2) is 0 Å². The van der Waals surface area contributed by atoms with Gasteiger partial charge in [-0.1, -0.05) is 29.8 Å². The van der Waals surface area contributed by atoms with Crippen LogP contribution in [-0.2, 0) is 16.8 Å². The first-order valence-electron chi connectivity index (χ1n) is 8.37. The molecule has 3 heterocycles. The van der Waals surface area contributed by atoms with E-state index in [0.29, 0.717) is 11.6 Å².